The molecule has 0 saturated heterocycles. The molecule has 1 heterocycles. The SMILES string of the molecule is CNC(=O)Nc1ccc(NC(=O)/C=C/c2c(C)nn(Cc3ccc(C)cc3)c2C)cc1. The molecule has 1 aromatic heterocycles. The van der Waals surface area contributed by atoms with E-state index in [2.05, 4.69) is 52.2 Å². The summed E-state index contributed by atoms with van der Waals surface area (Å²) in [5, 5.41) is 12.6. The monoisotopic (exact) mass is 417 g/mol. The van der Waals surface area contributed by atoms with Crippen LogP contribution in [0.1, 0.15) is 28.1 Å². The van der Waals surface area contributed by atoms with Crippen molar-refractivity contribution in [2.45, 2.75) is 27.3 Å². The number of carbonyl (C=O) groups excluding carboxylic acids is 2. The third kappa shape index (κ3) is 5.82. The minimum absolute atomic E-state index is 0.239. The van der Waals surface area contributed by atoms with E-state index in [1.807, 2.05) is 18.5 Å². The molecule has 7 heteroatoms. The van der Waals surface area contributed by atoms with Crippen LogP contribution in [0.5, 0.6) is 0 Å². The van der Waals surface area contributed by atoms with Gasteiger partial charge in [0.25, 0.3) is 0 Å². The second-order valence-corrected chi connectivity index (χ2v) is 7.33. The van der Waals surface area contributed by atoms with Crippen molar-refractivity contribution < 1.29 is 9.59 Å². The first-order valence-electron chi connectivity index (χ1n) is 10.0. The maximum absolute atomic E-state index is 12.3. The molecular weight excluding hydrogens is 390 g/mol. The number of aromatic nitrogens is 2. The van der Waals surface area contributed by atoms with Crippen LogP contribution in [0.4, 0.5) is 16.2 Å². The average Bonchev–Trinajstić information content (AvgIpc) is 3.02. The van der Waals surface area contributed by atoms with Gasteiger partial charge in [-0.15, -0.1) is 0 Å². The molecule has 7 nitrogen and oxygen atoms in total. The number of hydrogen-bond acceptors (Lipinski definition) is 3. The maximum Gasteiger partial charge on any atom is 0.318 e. The summed E-state index contributed by atoms with van der Waals surface area (Å²) in [6.07, 6.45) is 3.30. The average molecular weight is 418 g/mol. The van der Waals surface area contributed by atoms with Crippen molar-refractivity contribution >= 4 is 29.4 Å². The summed E-state index contributed by atoms with van der Waals surface area (Å²) in [6, 6.07) is 15.0. The number of benzene rings is 2. The smallest absolute Gasteiger partial charge is 0.318 e. The molecule has 0 aliphatic rings. The van der Waals surface area contributed by atoms with Crippen molar-refractivity contribution in [2.75, 3.05) is 17.7 Å². The molecule has 31 heavy (non-hydrogen) atoms. The molecule has 2 aromatic carbocycles. The Morgan fingerprint density at radius 2 is 1.55 bits per heavy atom. The van der Waals surface area contributed by atoms with Gasteiger partial charge in [-0.2, -0.15) is 5.10 Å². The highest BCUT2D eigenvalue weighted by Crippen LogP contribution is 2.18. The summed E-state index contributed by atoms with van der Waals surface area (Å²) in [5.74, 6) is -0.239. The molecule has 3 rings (SSSR count). The normalized spacial score (nSPS) is 10.8. The van der Waals surface area contributed by atoms with Gasteiger partial charge in [0, 0.05) is 35.8 Å². The molecule has 0 aliphatic heterocycles. The largest absolute Gasteiger partial charge is 0.341 e. The summed E-state index contributed by atoms with van der Waals surface area (Å²) >= 11 is 0. The molecule has 0 bridgehead atoms. The molecule has 3 aromatic rings. The van der Waals surface area contributed by atoms with E-state index in [0.29, 0.717) is 17.9 Å². The van der Waals surface area contributed by atoms with E-state index in [9.17, 15) is 9.59 Å². The second-order valence-electron chi connectivity index (χ2n) is 7.33. The van der Waals surface area contributed by atoms with Gasteiger partial charge < -0.3 is 16.0 Å². The van der Waals surface area contributed by atoms with E-state index in [0.717, 1.165) is 17.0 Å². The highest BCUT2D eigenvalue weighted by Gasteiger charge is 2.10. The predicted molar refractivity (Wildman–Crippen MR) is 124 cm³/mol. The van der Waals surface area contributed by atoms with Gasteiger partial charge in [0.05, 0.1) is 12.2 Å². The molecule has 0 fully saturated rings. The first-order valence-corrected chi connectivity index (χ1v) is 10.0. The Balaban J connectivity index is 1.64. The van der Waals surface area contributed by atoms with Gasteiger partial charge in [0.15, 0.2) is 0 Å². The number of rotatable bonds is 6. The summed E-state index contributed by atoms with van der Waals surface area (Å²) < 4.78 is 1.95. The van der Waals surface area contributed by atoms with Gasteiger partial charge in [0.2, 0.25) is 5.91 Å². The fraction of sp³-hybridized carbons (Fsp3) is 0.208. The third-order valence-electron chi connectivity index (χ3n) is 4.93. The standard InChI is InChI=1S/C24H27N5O2/c1-16-5-7-19(8-6-16)15-29-18(3)22(17(2)28-29)13-14-23(30)26-20-9-11-21(12-10-20)27-24(31)25-4/h5-14H,15H2,1-4H3,(H,26,30)(H2,25,27,31)/b14-13+. The van der Waals surface area contributed by atoms with Crippen molar-refractivity contribution in [1.82, 2.24) is 15.1 Å². The summed E-state index contributed by atoms with van der Waals surface area (Å²) in [7, 11) is 1.55. The van der Waals surface area contributed by atoms with Crippen LogP contribution in [0.3, 0.4) is 0 Å². The van der Waals surface area contributed by atoms with Crippen molar-refractivity contribution in [2.24, 2.45) is 0 Å². The lowest BCUT2D eigenvalue weighted by Crippen LogP contribution is -2.24. The fourth-order valence-corrected chi connectivity index (χ4v) is 3.15. The molecule has 0 atom stereocenters. The lowest BCUT2D eigenvalue weighted by atomic mass is 10.1. The van der Waals surface area contributed by atoms with E-state index in [1.165, 1.54) is 17.2 Å². The van der Waals surface area contributed by atoms with E-state index in [1.54, 1.807) is 37.4 Å². The summed E-state index contributed by atoms with van der Waals surface area (Å²) in [5.41, 5.74) is 6.50. The number of hydrogen-bond donors (Lipinski definition) is 3. The molecule has 0 unspecified atom stereocenters. The summed E-state index contributed by atoms with van der Waals surface area (Å²) in [4.78, 5) is 23.7. The Hall–Kier alpha value is -3.87. The van der Waals surface area contributed by atoms with Crippen LogP contribution in [0.2, 0.25) is 0 Å². The number of nitrogens with one attached hydrogen (secondary N) is 3. The Morgan fingerprint density at radius 3 is 2.16 bits per heavy atom. The van der Waals surface area contributed by atoms with Gasteiger partial charge in [0.1, 0.15) is 0 Å². The Labute approximate surface area is 182 Å². The maximum atomic E-state index is 12.3. The summed E-state index contributed by atoms with van der Waals surface area (Å²) in [6.45, 7) is 6.69. The van der Waals surface area contributed by atoms with Crippen molar-refractivity contribution in [3.63, 3.8) is 0 Å². The van der Waals surface area contributed by atoms with Crippen LogP contribution < -0.4 is 16.0 Å². The minimum Gasteiger partial charge on any atom is -0.341 e. The second kappa shape index (κ2) is 9.75. The molecule has 3 amide bonds. The molecule has 3 N–H and O–H groups in total. The molecular formula is C24H27N5O2. The van der Waals surface area contributed by atoms with E-state index < -0.39 is 0 Å². The number of carbonyl (C=O) groups is 2. The zero-order valence-corrected chi connectivity index (χ0v) is 18.2. The van der Waals surface area contributed by atoms with E-state index >= 15 is 0 Å². The van der Waals surface area contributed by atoms with Crippen LogP contribution >= 0.6 is 0 Å². The fourth-order valence-electron chi connectivity index (χ4n) is 3.15. The number of urea groups is 1. The van der Waals surface area contributed by atoms with Crippen LogP contribution in [0.25, 0.3) is 6.08 Å². The molecule has 0 spiro atoms. The number of aryl methyl sites for hydroxylation is 2. The van der Waals surface area contributed by atoms with Crippen LogP contribution in [0, 0.1) is 20.8 Å². The van der Waals surface area contributed by atoms with Crippen molar-refractivity contribution in [1.29, 1.82) is 0 Å². The van der Waals surface area contributed by atoms with Gasteiger partial charge in [-0.1, -0.05) is 29.8 Å². The molecule has 0 aliphatic carbocycles. The van der Waals surface area contributed by atoms with Crippen LogP contribution in [-0.2, 0) is 11.3 Å². The highest BCUT2D eigenvalue weighted by molar-refractivity contribution is 6.02. The zero-order chi connectivity index (χ0) is 22.4. The molecule has 0 saturated carbocycles. The topological polar surface area (TPSA) is 88.1 Å². The number of amides is 3. The van der Waals surface area contributed by atoms with Crippen LogP contribution in [0.15, 0.2) is 54.6 Å². The Bertz CT molecular complexity index is 1100. The van der Waals surface area contributed by atoms with E-state index in [4.69, 9.17) is 0 Å². The first kappa shape index (κ1) is 21.8. The Morgan fingerprint density at radius 1 is 0.935 bits per heavy atom. The van der Waals surface area contributed by atoms with Crippen molar-refractivity contribution in [3.05, 3.63) is 82.7 Å². The number of nitrogens with zero attached hydrogens (tertiary/aromatic N) is 2. The van der Waals surface area contributed by atoms with Crippen LogP contribution in [-0.4, -0.2) is 28.8 Å². The number of anilines is 2. The quantitative estimate of drug-likeness (QED) is 0.524. The van der Waals surface area contributed by atoms with Gasteiger partial charge in [-0.25, -0.2) is 4.79 Å². The van der Waals surface area contributed by atoms with Gasteiger partial charge >= 0.3 is 6.03 Å². The highest BCUT2D eigenvalue weighted by atomic mass is 16.2. The Kier molecular flexibility index (Phi) is 6.87. The van der Waals surface area contributed by atoms with E-state index in [-0.39, 0.29) is 11.9 Å². The minimum atomic E-state index is -0.298. The van der Waals surface area contributed by atoms with Gasteiger partial charge in [-0.3, -0.25) is 9.48 Å². The zero-order valence-electron chi connectivity index (χ0n) is 18.2. The third-order valence-corrected chi connectivity index (χ3v) is 4.93. The lowest BCUT2D eigenvalue weighted by molar-refractivity contribution is -0.111. The lowest BCUT2D eigenvalue weighted by Gasteiger charge is -2.06. The molecule has 160 valence electrons. The van der Waals surface area contributed by atoms with Gasteiger partial charge in [-0.05, 0) is 56.7 Å². The first-order chi connectivity index (χ1) is 14.9. The molecule has 0 radical (unpaired) electrons. The van der Waals surface area contributed by atoms with Crippen molar-refractivity contribution in [3.8, 4) is 0 Å². The predicted octanol–water partition coefficient (Wildman–Crippen LogP) is 4.26.